The fraction of sp³-hybridized carbons (Fsp3) is 0.174. The maximum absolute atomic E-state index is 6.51. The molecule has 3 aromatic carbocycles. The van der Waals surface area contributed by atoms with Crippen LogP contribution in [0, 0.1) is 0 Å². The van der Waals surface area contributed by atoms with E-state index in [0.29, 0.717) is 10.0 Å². The van der Waals surface area contributed by atoms with E-state index < -0.39 is 0 Å². The summed E-state index contributed by atoms with van der Waals surface area (Å²) in [6, 6.07) is 21.5. The second kappa shape index (κ2) is 8.36. The zero-order valence-corrected chi connectivity index (χ0v) is 17.6. The summed E-state index contributed by atoms with van der Waals surface area (Å²) in [5, 5.41) is 8.06. The molecular weight excluding hydrogens is 407 g/mol. The molecule has 4 rings (SSSR count). The lowest BCUT2D eigenvalue weighted by Gasteiger charge is -2.25. The van der Waals surface area contributed by atoms with E-state index in [4.69, 9.17) is 37.8 Å². The molecular formula is C23H20Cl2N2O2. The van der Waals surface area contributed by atoms with Crippen molar-refractivity contribution in [3.8, 4) is 11.5 Å². The normalized spacial score (nSPS) is 15.9. The first kappa shape index (κ1) is 19.6. The standard InChI is InChI=1S/C23H20Cl2N2O2/c1-28-18-8-3-15(4-9-18)21-14-23(16-5-10-19(29-2)11-6-16)27(26-21)22-12-7-17(24)13-20(22)25/h3-13,23H,14H2,1-2H3. The van der Waals surface area contributed by atoms with Gasteiger partial charge in [0, 0.05) is 11.4 Å². The van der Waals surface area contributed by atoms with E-state index in [9.17, 15) is 0 Å². The highest BCUT2D eigenvalue weighted by Crippen LogP contribution is 2.41. The van der Waals surface area contributed by atoms with Crippen molar-refractivity contribution in [3.05, 3.63) is 87.9 Å². The van der Waals surface area contributed by atoms with Gasteiger partial charge in [0.05, 0.1) is 36.7 Å². The van der Waals surface area contributed by atoms with Gasteiger partial charge in [-0.2, -0.15) is 5.10 Å². The lowest BCUT2D eigenvalue weighted by atomic mass is 9.98. The van der Waals surface area contributed by atoms with E-state index in [-0.39, 0.29) is 6.04 Å². The van der Waals surface area contributed by atoms with Crippen LogP contribution in [-0.4, -0.2) is 19.9 Å². The number of hydrogen-bond acceptors (Lipinski definition) is 4. The average molecular weight is 427 g/mol. The Hall–Kier alpha value is -2.69. The van der Waals surface area contributed by atoms with Crippen LogP contribution in [0.5, 0.6) is 11.5 Å². The van der Waals surface area contributed by atoms with E-state index in [1.807, 2.05) is 53.5 Å². The summed E-state index contributed by atoms with van der Waals surface area (Å²) < 4.78 is 10.6. The molecule has 0 spiro atoms. The predicted molar refractivity (Wildman–Crippen MR) is 119 cm³/mol. The Morgan fingerprint density at radius 2 is 1.48 bits per heavy atom. The van der Waals surface area contributed by atoms with Crippen LogP contribution in [-0.2, 0) is 0 Å². The molecule has 29 heavy (non-hydrogen) atoms. The Labute approximate surface area is 180 Å². The first-order valence-corrected chi connectivity index (χ1v) is 9.95. The molecule has 0 radical (unpaired) electrons. The molecule has 6 heteroatoms. The Kier molecular flexibility index (Phi) is 5.65. The van der Waals surface area contributed by atoms with Gasteiger partial charge < -0.3 is 9.47 Å². The number of anilines is 1. The van der Waals surface area contributed by atoms with Crippen LogP contribution in [0.4, 0.5) is 5.69 Å². The highest BCUT2D eigenvalue weighted by Gasteiger charge is 2.31. The zero-order chi connectivity index (χ0) is 20.4. The third-order valence-corrected chi connectivity index (χ3v) is 5.53. The molecule has 1 heterocycles. The van der Waals surface area contributed by atoms with E-state index in [2.05, 4.69) is 12.1 Å². The molecule has 3 aromatic rings. The summed E-state index contributed by atoms with van der Waals surface area (Å²) in [6.07, 6.45) is 0.748. The molecule has 0 aromatic heterocycles. The van der Waals surface area contributed by atoms with Crippen LogP contribution in [0.15, 0.2) is 71.8 Å². The molecule has 0 saturated carbocycles. The third-order valence-electron chi connectivity index (χ3n) is 4.99. The Morgan fingerprint density at radius 3 is 2.07 bits per heavy atom. The molecule has 1 atom stereocenters. The van der Waals surface area contributed by atoms with Crippen molar-refractivity contribution in [2.24, 2.45) is 5.10 Å². The van der Waals surface area contributed by atoms with Crippen LogP contribution in [0.3, 0.4) is 0 Å². The van der Waals surface area contributed by atoms with Gasteiger partial charge in [-0.25, -0.2) is 0 Å². The van der Waals surface area contributed by atoms with Crippen molar-refractivity contribution in [1.29, 1.82) is 0 Å². The highest BCUT2D eigenvalue weighted by atomic mass is 35.5. The smallest absolute Gasteiger partial charge is 0.118 e. The molecule has 0 N–H and O–H groups in total. The van der Waals surface area contributed by atoms with Gasteiger partial charge >= 0.3 is 0 Å². The average Bonchev–Trinajstić information content (AvgIpc) is 3.19. The minimum Gasteiger partial charge on any atom is -0.497 e. The van der Waals surface area contributed by atoms with Crippen LogP contribution in [0.1, 0.15) is 23.6 Å². The minimum absolute atomic E-state index is 0.0108. The van der Waals surface area contributed by atoms with Crippen LogP contribution < -0.4 is 14.5 Å². The summed E-state index contributed by atoms with van der Waals surface area (Å²) in [7, 11) is 3.32. The Morgan fingerprint density at radius 1 is 0.862 bits per heavy atom. The summed E-state index contributed by atoms with van der Waals surface area (Å²) in [5.74, 6) is 1.63. The number of rotatable bonds is 5. The second-order valence-corrected chi connectivity index (χ2v) is 7.55. The van der Waals surface area contributed by atoms with Gasteiger partial charge in [0.25, 0.3) is 0 Å². The van der Waals surface area contributed by atoms with Crippen LogP contribution >= 0.6 is 23.2 Å². The molecule has 1 aliphatic rings. The first-order chi connectivity index (χ1) is 14.1. The SMILES string of the molecule is COc1ccc(C2=NN(c3ccc(Cl)cc3Cl)C(c3ccc(OC)cc3)C2)cc1. The Bertz CT molecular complexity index is 1030. The van der Waals surface area contributed by atoms with Crippen molar-refractivity contribution >= 4 is 34.6 Å². The van der Waals surface area contributed by atoms with Crippen molar-refractivity contribution in [2.45, 2.75) is 12.5 Å². The second-order valence-electron chi connectivity index (χ2n) is 6.71. The monoisotopic (exact) mass is 426 g/mol. The predicted octanol–water partition coefficient (Wildman–Crippen LogP) is 6.37. The molecule has 1 unspecified atom stereocenters. The fourth-order valence-electron chi connectivity index (χ4n) is 3.44. The number of methoxy groups -OCH3 is 2. The number of benzene rings is 3. The van der Waals surface area contributed by atoms with Crippen molar-refractivity contribution in [1.82, 2.24) is 0 Å². The largest absolute Gasteiger partial charge is 0.497 e. The van der Waals surface area contributed by atoms with E-state index in [1.54, 1.807) is 20.3 Å². The topological polar surface area (TPSA) is 34.1 Å². The van der Waals surface area contributed by atoms with Crippen molar-refractivity contribution in [3.63, 3.8) is 0 Å². The van der Waals surface area contributed by atoms with Gasteiger partial charge in [-0.05, 0) is 65.7 Å². The molecule has 4 nitrogen and oxygen atoms in total. The molecule has 0 aliphatic carbocycles. The zero-order valence-electron chi connectivity index (χ0n) is 16.1. The molecule has 0 fully saturated rings. The molecule has 1 aliphatic heterocycles. The maximum atomic E-state index is 6.51. The maximum Gasteiger partial charge on any atom is 0.118 e. The van der Waals surface area contributed by atoms with Gasteiger partial charge in [0.1, 0.15) is 11.5 Å². The molecule has 0 amide bonds. The number of hydrazone groups is 1. The van der Waals surface area contributed by atoms with Crippen LogP contribution in [0.2, 0.25) is 10.0 Å². The van der Waals surface area contributed by atoms with E-state index >= 15 is 0 Å². The summed E-state index contributed by atoms with van der Waals surface area (Å²) in [4.78, 5) is 0. The Balaban J connectivity index is 1.74. The lowest BCUT2D eigenvalue weighted by molar-refractivity contribution is 0.414. The number of nitrogens with zero attached hydrogens (tertiary/aromatic N) is 2. The molecule has 0 bridgehead atoms. The van der Waals surface area contributed by atoms with Gasteiger partial charge in [-0.3, -0.25) is 5.01 Å². The first-order valence-electron chi connectivity index (χ1n) is 9.19. The van der Waals surface area contributed by atoms with Gasteiger partial charge in [0.15, 0.2) is 0 Å². The number of ether oxygens (including phenoxy) is 2. The third kappa shape index (κ3) is 4.04. The number of halogens is 2. The van der Waals surface area contributed by atoms with Crippen molar-refractivity contribution < 1.29 is 9.47 Å². The van der Waals surface area contributed by atoms with Crippen LogP contribution in [0.25, 0.3) is 0 Å². The van der Waals surface area contributed by atoms with E-state index in [0.717, 1.165) is 40.4 Å². The number of hydrogen-bond donors (Lipinski definition) is 0. The highest BCUT2D eigenvalue weighted by molar-refractivity contribution is 6.36. The quantitative estimate of drug-likeness (QED) is 0.475. The summed E-state index contributed by atoms with van der Waals surface area (Å²) in [5.41, 5.74) is 3.99. The fourth-order valence-corrected chi connectivity index (χ4v) is 3.94. The van der Waals surface area contributed by atoms with E-state index in [1.165, 1.54) is 0 Å². The molecule has 0 saturated heterocycles. The summed E-state index contributed by atoms with van der Waals surface area (Å²) >= 11 is 12.6. The lowest BCUT2D eigenvalue weighted by Crippen LogP contribution is -2.18. The van der Waals surface area contributed by atoms with Gasteiger partial charge in [0.2, 0.25) is 0 Å². The van der Waals surface area contributed by atoms with Crippen molar-refractivity contribution in [2.75, 3.05) is 19.2 Å². The minimum atomic E-state index is 0.0108. The molecule has 148 valence electrons. The van der Waals surface area contributed by atoms with Gasteiger partial charge in [-0.15, -0.1) is 0 Å². The summed E-state index contributed by atoms with van der Waals surface area (Å²) in [6.45, 7) is 0. The van der Waals surface area contributed by atoms with Gasteiger partial charge in [-0.1, -0.05) is 35.3 Å².